The smallest absolute Gasteiger partial charge is 0.211 e. The van der Waals surface area contributed by atoms with Crippen LogP contribution in [0.4, 0.5) is 5.69 Å². The molecule has 0 spiro atoms. The summed E-state index contributed by atoms with van der Waals surface area (Å²) in [5, 5.41) is 8.64. The number of guanidine groups is 1. The van der Waals surface area contributed by atoms with Crippen molar-refractivity contribution in [2.75, 3.05) is 5.73 Å². The normalized spacial score (nSPS) is 10.9. The molecule has 0 fully saturated rings. The summed E-state index contributed by atoms with van der Waals surface area (Å²) in [6.07, 6.45) is 0. The van der Waals surface area contributed by atoms with Gasteiger partial charge in [0.1, 0.15) is 5.01 Å². The summed E-state index contributed by atoms with van der Waals surface area (Å²) in [4.78, 5) is 5.59. The molecule has 140 valence electrons. The van der Waals surface area contributed by atoms with Gasteiger partial charge in [0.15, 0.2) is 0 Å². The van der Waals surface area contributed by atoms with Gasteiger partial charge in [0.05, 0.1) is 16.3 Å². The van der Waals surface area contributed by atoms with E-state index in [0.29, 0.717) is 5.69 Å². The fourth-order valence-electron chi connectivity index (χ4n) is 2.49. The van der Waals surface area contributed by atoms with E-state index >= 15 is 0 Å². The van der Waals surface area contributed by atoms with Gasteiger partial charge in [-0.15, -0.1) is 16.4 Å². The zero-order valence-electron chi connectivity index (χ0n) is 15.6. The molecule has 6 N–H and O–H groups in total. The Balaban J connectivity index is 1.82. The number of benzene rings is 2. The lowest BCUT2D eigenvalue weighted by atomic mass is 10.1. The molecule has 7 heteroatoms. The maximum absolute atomic E-state index is 5.78. The zero-order valence-corrected chi connectivity index (χ0v) is 16.4. The fourth-order valence-corrected chi connectivity index (χ4v) is 3.50. The van der Waals surface area contributed by atoms with Crippen molar-refractivity contribution in [2.24, 2.45) is 21.7 Å². The van der Waals surface area contributed by atoms with Crippen LogP contribution in [0.1, 0.15) is 28.6 Å². The van der Waals surface area contributed by atoms with E-state index in [-0.39, 0.29) is 5.96 Å². The van der Waals surface area contributed by atoms with Gasteiger partial charge in [-0.2, -0.15) is 5.10 Å². The molecule has 0 aliphatic rings. The molecule has 6 nitrogen and oxygen atoms in total. The van der Waals surface area contributed by atoms with Crippen molar-refractivity contribution in [1.29, 1.82) is 0 Å². The predicted molar refractivity (Wildman–Crippen MR) is 117 cm³/mol. The summed E-state index contributed by atoms with van der Waals surface area (Å²) in [6.45, 7) is 3.79. The molecule has 0 radical (unpaired) electrons. The summed E-state index contributed by atoms with van der Waals surface area (Å²) in [7, 11) is 0. The Morgan fingerprint density at radius 3 is 2.39 bits per heavy atom. The van der Waals surface area contributed by atoms with Crippen LogP contribution in [0, 0.1) is 18.8 Å². The van der Waals surface area contributed by atoms with Crippen molar-refractivity contribution in [2.45, 2.75) is 13.8 Å². The average molecular weight is 389 g/mol. The number of anilines is 1. The largest absolute Gasteiger partial charge is 0.399 e. The molecule has 0 aliphatic heterocycles. The van der Waals surface area contributed by atoms with Crippen molar-refractivity contribution in [1.82, 2.24) is 4.98 Å². The number of aryl methyl sites for hydroxylation is 1. The lowest BCUT2D eigenvalue weighted by Gasteiger charge is -1.97. The maximum Gasteiger partial charge on any atom is 0.211 e. The minimum absolute atomic E-state index is 0.0726. The molecule has 0 unspecified atom stereocenters. The highest BCUT2D eigenvalue weighted by atomic mass is 32.1. The van der Waals surface area contributed by atoms with E-state index in [0.717, 1.165) is 38.0 Å². The number of nitrogens with two attached hydrogens (primary N) is 3. The van der Waals surface area contributed by atoms with E-state index in [1.165, 1.54) is 0 Å². The van der Waals surface area contributed by atoms with Crippen LogP contribution in [0.3, 0.4) is 0 Å². The first kappa shape index (κ1) is 19.1. The summed E-state index contributed by atoms with van der Waals surface area (Å²) < 4.78 is 0. The lowest BCUT2D eigenvalue weighted by molar-refractivity contribution is 1.19. The van der Waals surface area contributed by atoms with Crippen LogP contribution in [0.2, 0.25) is 0 Å². The van der Waals surface area contributed by atoms with Crippen molar-refractivity contribution in [3.05, 3.63) is 70.2 Å². The lowest BCUT2D eigenvalue weighted by Crippen LogP contribution is -2.22. The molecule has 28 heavy (non-hydrogen) atoms. The molecular formula is C21H20N6S. The van der Waals surface area contributed by atoms with Crippen LogP contribution in [-0.2, 0) is 0 Å². The highest BCUT2D eigenvalue weighted by molar-refractivity contribution is 7.17. The third-order valence-corrected chi connectivity index (χ3v) is 5.13. The molecule has 3 aromatic rings. The Kier molecular flexibility index (Phi) is 5.72. The average Bonchev–Trinajstić information content (AvgIpc) is 3.07. The van der Waals surface area contributed by atoms with Crippen molar-refractivity contribution in [3.63, 3.8) is 0 Å². The van der Waals surface area contributed by atoms with Crippen LogP contribution < -0.4 is 17.2 Å². The molecule has 0 saturated carbocycles. The van der Waals surface area contributed by atoms with Gasteiger partial charge < -0.3 is 17.2 Å². The summed E-state index contributed by atoms with van der Waals surface area (Å²) in [5.41, 5.74) is 21.6. The van der Waals surface area contributed by atoms with Crippen LogP contribution in [0.25, 0.3) is 10.6 Å². The van der Waals surface area contributed by atoms with Crippen molar-refractivity contribution >= 4 is 28.7 Å². The topological polar surface area (TPSA) is 116 Å². The number of aromatic nitrogens is 1. The molecule has 2 aromatic carbocycles. The first-order chi connectivity index (χ1) is 13.4. The van der Waals surface area contributed by atoms with Gasteiger partial charge in [0.25, 0.3) is 0 Å². The minimum Gasteiger partial charge on any atom is -0.399 e. The monoisotopic (exact) mass is 388 g/mol. The number of hydrogen-bond donors (Lipinski definition) is 3. The number of thiazole rings is 1. The fraction of sp³-hybridized carbons (Fsp3) is 0.0952. The van der Waals surface area contributed by atoms with E-state index in [4.69, 9.17) is 17.2 Å². The van der Waals surface area contributed by atoms with Crippen molar-refractivity contribution in [3.8, 4) is 22.4 Å². The molecule has 0 atom stereocenters. The van der Waals surface area contributed by atoms with Crippen molar-refractivity contribution < 1.29 is 0 Å². The SMILES string of the molecule is C/C(=N\N=C(N)N)c1sc(-c2ccc(C#Cc3cccc(N)c3)cc2)nc1C. The third kappa shape index (κ3) is 4.75. The molecule has 0 amide bonds. The van der Waals surface area contributed by atoms with E-state index in [2.05, 4.69) is 27.0 Å². The van der Waals surface area contributed by atoms with Gasteiger partial charge in [-0.1, -0.05) is 30.0 Å². The van der Waals surface area contributed by atoms with E-state index in [9.17, 15) is 0 Å². The van der Waals surface area contributed by atoms with Gasteiger partial charge in [-0.3, -0.25) is 0 Å². The Hall–Kier alpha value is -3.63. The number of nitrogen functional groups attached to an aromatic ring is 1. The molecular weight excluding hydrogens is 368 g/mol. The van der Waals surface area contributed by atoms with E-state index < -0.39 is 0 Å². The molecule has 0 saturated heterocycles. The zero-order chi connectivity index (χ0) is 20.1. The standard InChI is InChI=1S/C21H20N6S/c1-13-19(14(2)26-27-21(23)24)28-20(25-13)17-10-8-15(9-11-17)6-7-16-4-3-5-18(22)12-16/h3-5,8-12H,22H2,1-2H3,(H4,23,24,27)/b26-14+. The summed E-state index contributed by atoms with van der Waals surface area (Å²) in [5.74, 6) is 6.20. The third-order valence-electron chi connectivity index (χ3n) is 3.81. The molecule has 0 aliphatic carbocycles. The highest BCUT2D eigenvalue weighted by Crippen LogP contribution is 2.28. The number of nitrogens with zero attached hydrogens (tertiary/aromatic N) is 3. The maximum atomic E-state index is 5.78. The molecule has 1 heterocycles. The Morgan fingerprint density at radius 2 is 1.71 bits per heavy atom. The quantitative estimate of drug-likeness (QED) is 0.210. The Labute approximate surface area is 167 Å². The van der Waals surface area contributed by atoms with Crippen LogP contribution in [-0.4, -0.2) is 16.7 Å². The molecule has 3 rings (SSSR count). The van der Waals surface area contributed by atoms with Gasteiger partial charge in [-0.05, 0) is 44.2 Å². The molecule has 1 aromatic heterocycles. The first-order valence-electron chi connectivity index (χ1n) is 8.51. The Morgan fingerprint density at radius 1 is 1.00 bits per heavy atom. The Bertz CT molecular complexity index is 1110. The van der Waals surface area contributed by atoms with Crippen LogP contribution >= 0.6 is 11.3 Å². The minimum atomic E-state index is -0.0726. The second-order valence-electron chi connectivity index (χ2n) is 6.10. The second kappa shape index (κ2) is 8.37. The second-order valence-corrected chi connectivity index (χ2v) is 7.10. The van der Waals surface area contributed by atoms with Gasteiger partial charge in [-0.25, -0.2) is 4.98 Å². The molecule has 0 bridgehead atoms. The van der Waals surface area contributed by atoms with E-state index in [1.807, 2.05) is 62.4 Å². The number of hydrogen-bond acceptors (Lipinski definition) is 5. The van der Waals surface area contributed by atoms with Gasteiger partial charge in [0, 0.05) is 22.4 Å². The highest BCUT2D eigenvalue weighted by Gasteiger charge is 2.12. The van der Waals surface area contributed by atoms with Gasteiger partial charge >= 0.3 is 0 Å². The predicted octanol–water partition coefficient (Wildman–Crippen LogP) is 3.10. The summed E-state index contributed by atoms with van der Waals surface area (Å²) in [6, 6.07) is 15.5. The van der Waals surface area contributed by atoms with Crippen LogP contribution in [0.15, 0.2) is 58.7 Å². The first-order valence-corrected chi connectivity index (χ1v) is 9.33. The van der Waals surface area contributed by atoms with E-state index in [1.54, 1.807) is 11.3 Å². The summed E-state index contributed by atoms with van der Waals surface area (Å²) >= 11 is 1.55. The van der Waals surface area contributed by atoms with Gasteiger partial charge in [0.2, 0.25) is 5.96 Å². The van der Waals surface area contributed by atoms with Crippen LogP contribution in [0.5, 0.6) is 0 Å². The number of rotatable bonds is 3.